The van der Waals surface area contributed by atoms with Crippen LogP contribution in [0.3, 0.4) is 0 Å². The first-order valence-electron chi connectivity index (χ1n) is 4.62. The lowest BCUT2D eigenvalue weighted by Crippen LogP contribution is -2.07. The van der Waals surface area contributed by atoms with Gasteiger partial charge in [0.15, 0.2) is 0 Å². The van der Waals surface area contributed by atoms with Crippen LogP contribution in [-0.2, 0) is 14.3 Å². The van der Waals surface area contributed by atoms with Crippen LogP contribution in [0.1, 0.15) is 10.4 Å². The zero-order chi connectivity index (χ0) is 12.8. The van der Waals surface area contributed by atoms with Crippen molar-refractivity contribution in [1.29, 1.82) is 0 Å². The molecule has 1 rings (SSSR count). The van der Waals surface area contributed by atoms with Crippen molar-refractivity contribution in [2.45, 2.75) is 5.03 Å². The maximum Gasteiger partial charge on any atom is 0.340 e. The Morgan fingerprint density at radius 1 is 1.41 bits per heavy atom. The van der Waals surface area contributed by atoms with Crippen molar-refractivity contribution >= 4 is 29.4 Å². The number of ether oxygens (including phenoxy) is 2. The lowest BCUT2D eigenvalue weighted by molar-refractivity contribution is -0.137. The summed E-state index contributed by atoms with van der Waals surface area (Å²) in [6.07, 6.45) is 1.35. The summed E-state index contributed by atoms with van der Waals surface area (Å²) in [5, 5.41) is 0.505. The number of methoxy groups -OCH3 is 2. The molecule has 0 radical (unpaired) electrons. The first kappa shape index (κ1) is 13.3. The number of nitrogen functional groups attached to an aromatic ring is 1. The van der Waals surface area contributed by atoms with Gasteiger partial charge in [0.2, 0.25) is 0 Å². The molecule has 17 heavy (non-hydrogen) atoms. The van der Waals surface area contributed by atoms with Crippen LogP contribution in [-0.4, -0.2) is 36.9 Å². The van der Waals surface area contributed by atoms with Gasteiger partial charge in [0.05, 0.1) is 42.4 Å². The maximum atomic E-state index is 11.3. The number of nitrogens with two attached hydrogens (primary N) is 1. The van der Waals surface area contributed by atoms with Crippen molar-refractivity contribution in [3.63, 3.8) is 0 Å². The van der Waals surface area contributed by atoms with E-state index in [0.29, 0.717) is 5.03 Å². The van der Waals surface area contributed by atoms with Crippen molar-refractivity contribution in [1.82, 2.24) is 4.98 Å². The number of hydrogen-bond acceptors (Lipinski definition) is 7. The Morgan fingerprint density at radius 2 is 2.12 bits per heavy atom. The zero-order valence-electron chi connectivity index (χ0n) is 9.43. The lowest BCUT2D eigenvalue weighted by Gasteiger charge is -2.05. The van der Waals surface area contributed by atoms with Crippen LogP contribution in [0.25, 0.3) is 0 Å². The minimum atomic E-state index is -0.537. The van der Waals surface area contributed by atoms with Crippen molar-refractivity contribution in [3.05, 3.63) is 17.8 Å². The molecule has 1 aromatic heterocycles. The Kier molecular flexibility index (Phi) is 4.77. The zero-order valence-corrected chi connectivity index (χ0v) is 10.2. The van der Waals surface area contributed by atoms with E-state index in [-0.39, 0.29) is 23.0 Å². The molecule has 0 aliphatic heterocycles. The van der Waals surface area contributed by atoms with Crippen molar-refractivity contribution in [2.24, 2.45) is 0 Å². The third-order valence-electron chi connectivity index (χ3n) is 1.88. The van der Waals surface area contributed by atoms with Crippen LogP contribution < -0.4 is 5.73 Å². The number of pyridine rings is 1. The second-order valence-corrected chi connectivity index (χ2v) is 3.96. The fraction of sp³-hybridized carbons (Fsp3) is 0.300. The molecule has 0 atom stereocenters. The first-order valence-corrected chi connectivity index (χ1v) is 5.60. The predicted molar refractivity (Wildman–Crippen MR) is 62.7 cm³/mol. The number of nitrogens with zero attached hydrogens (tertiary/aromatic N) is 1. The van der Waals surface area contributed by atoms with Gasteiger partial charge in [-0.1, -0.05) is 11.8 Å². The van der Waals surface area contributed by atoms with Gasteiger partial charge in [-0.05, 0) is 6.07 Å². The largest absolute Gasteiger partial charge is 0.468 e. The summed E-state index contributed by atoms with van der Waals surface area (Å²) in [5.41, 5.74) is 6.05. The summed E-state index contributed by atoms with van der Waals surface area (Å²) >= 11 is 1.15. The molecule has 6 nitrogen and oxygen atoms in total. The van der Waals surface area contributed by atoms with Gasteiger partial charge in [-0.15, -0.1) is 0 Å². The van der Waals surface area contributed by atoms with Crippen LogP contribution in [0, 0.1) is 0 Å². The van der Waals surface area contributed by atoms with Crippen LogP contribution in [0.5, 0.6) is 0 Å². The van der Waals surface area contributed by atoms with Gasteiger partial charge in [0.25, 0.3) is 0 Å². The molecular formula is C10H12N2O4S. The number of esters is 2. The van der Waals surface area contributed by atoms with Crippen LogP contribution >= 0.6 is 11.8 Å². The maximum absolute atomic E-state index is 11.3. The van der Waals surface area contributed by atoms with E-state index in [1.54, 1.807) is 0 Å². The van der Waals surface area contributed by atoms with Crippen LogP contribution in [0.15, 0.2) is 17.3 Å². The van der Waals surface area contributed by atoms with E-state index in [4.69, 9.17) is 5.73 Å². The number of anilines is 1. The van der Waals surface area contributed by atoms with Gasteiger partial charge in [0.1, 0.15) is 0 Å². The molecule has 92 valence electrons. The van der Waals surface area contributed by atoms with E-state index in [0.717, 1.165) is 11.8 Å². The van der Waals surface area contributed by atoms with E-state index in [1.165, 1.54) is 26.5 Å². The Bertz CT molecular complexity index is 436. The predicted octanol–water partition coefficient (Wildman–Crippen LogP) is 0.715. The second-order valence-electron chi connectivity index (χ2n) is 2.97. The van der Waals surface area contributed by atoms with Crippen LogP contribution in [0.4, 0.5) is 5.69 Å². The monoisotopic (exact) mass is 256 g/mol. The van der Waals surface area contributed by atoms with E-state index in [2.05, 4.69) is 14.5 Å². The molecule has 0 spiro atoms. The van der Waals surface area contributed by atoms with Crippen LogP contribution in [0.2, 0.25) is 0 Å². The van der Waals surface area contributed by atoms with Gasteiger partial charge >= 0.3 is 11.9 Å². The van der Waals surface area contributed by atoms with E-state index >= 15 is 0 Å². The average molecular weight is 256 g/mol. The molecule has 0 unspecified atom stereocenters. The minimum absolute atomic E-state index is 0.119. The standard InChI is InChI=1S/C10H12N2O4S/c1-15-9(13)5-17-8-3-6(10(14)16-2)7(11)4-12-8/h3-4H,5,11H2,1-2H3. The molecule has 1 heterocycles. The fourth-order valence-corrected chi connectivity index (χ4v) is 1.72. The fourth-order valence-electron chi connectivity index (χ4n) is 1.00. The highest BCUT2D eigenvalue weighted by atomic mass is 32.2. The molecule has 0 saturated heterocycles. The second kappa shape index (κ2) is 6.09. The van der Waals surface area contributed by atoms with Gasteiger partial charge in [-0.25, -0.2) is 9.78 Å². The third-order valence-corrected chi connectivity index (χ3v) is 2.78. The molecular weight excluding hydrogens is 244 g/mol. The normalized spacial score (nSPS) is 9.76. The highest BCUT2D eigenvalue weighted by molar-refractivity contribution is 7.99. The molecule has 0 aromatic carbocycles. The molecule has 0 aliphatic rings. The van der Waals surface area contributed by atoms with Crippen molar-refractivity contribution < 1.29 is 19.1 Å². The number of carbonyl (C=O) groups excluding carboxylic acids is 2. The third kappa shape index (κ3) is 3.63. The smallest absolute Gasteiger partial charge is 0.340 e. The number of carbonyl (C=O) groups is 2. The molecule has 7 heteroatoms. The molecule has 0 amide bonds. The van der Waals surface area contributed by atoms with Gasteiger partial charge in [-0.2, -0.15) is 0 Å². The summed E-state index contributed by atoms with van der Waals surface area (Å²) in [5.74, 6) is -0.785. The van der Waals surface area contributed by atoms with E-state index in [1.807, 2.05) is 0 Å². The minimum Gasteiger partial charge on any atom is -0.468 e. The first-order chi connectivity index (χ1) is 8.08. The van der Waals surface area contributed by atoms with Gasteiger partial charge < -0.3 is 15.2 Å². The Hall–Kier alpha value is -1.76. The number of aromatic nitrogens is 1. The quantitative estimate of drug-likeness (QED) is 0.626. The SMILES string of the molecule is COC(=O)CSc1cc(C(=O)OC)c(N)cn1. The molecule has 0 aliphatic carbocycles. The summed E-state index contributed by atoms with van der Waals surface area (Å²) in [6, 6.07) is 1.48. The Balaban J connectivity index is 2.81. The van der Waals surface area contributed by atoms with E-state index in [9.17, 15) is 9.59 Å². The van der Waals surface area contributed by atoms with Gasteiger partial charge in [0, 0.05) is 0 Å². The number of thioether (sulfide) groups is 1. The molecule has 0 saturated carbocycles. The van der Waals surface area contributed by atoms with E-state index < -0.39 is 5.97 Å². The topological polar surface area (TPSA) is 91.5 Å². The highest BCUT2D eigenvalue weighted by Gasteiger charge is 2.12. The van der Waals surface area contributed by atoms with Crippen molar-refractivity contribution in [2.75, 3.05) is 25.7 Å². The Morgan fingerprint density at radius 3 is 2.71 bits per heavy atom. The number of hydrogen-bond donors (Lipinski definition) is 1. The average Bonchev–Trinajstić information content (AvgIpc) is 2.36. The summed E-state index contributed by atoms with van der Waals surface area (Å²) in [7, 11) is 2.57. The summed E-state index contributed by atoms with van der Waals surface area (Å²) < 4.78 is 9.06. The lowest BCUT2D eigenvalue weighted by atomic mass is 10.2. The summed E-state index contributed by atoms with van der Waals surface area (Å²) in [4.78, 5) is 26.3. The molecule has 2 N–H and O–H groups in total. The van der Waals surface area contributed by atoms with Gasteiger partial charge in [-0.3, -0.25) is 4.79 Å². The molecule has 1 aromatic rings. The number of rotatable bonds is 4. The molecule has 0 fully saturated rings. The molecule has 0 bridgehead atoms. The van der Waals surface area contributed by atoms with Crippen molar-refractivity contribution in [3.8, 4) is 0 Å². The summed E-state index contributed by atoms with van der Waals surface area (Å²) in [6.45, 7) is 0. The Labute approximate surface area is 102 Å². The highest BCUT2D eigenvalue weighted by Crippen LogP contribution is 2.20.